The Hall–Kier alpha value is -1.84. The van der Waals surface area contributed by atoms with Gasteiger partial charge in [-0.1, -0.05) is 18.2 Å². The van der Waals surface area contributed by atoms with Crippen molar-refractivity contribution in [3.8, 4) is 0 Å². The first-order valence-electron chi connectivity index (χ1n) is 9.36. The highest BCUT2D eigenvalue weighted by Crippen LogP contribution is 2.47. The number of fused-ring (bicyclic) bond motifs is 2. The van der Waals surface area contributed by atoms with Crippen LogP contribution < -0.4 is 5.32 Å². The molecule has 5 nitrogen and oxygen atoms in total. The summed E-state index contributed by atoms with van der Waals surface area (Å²) in [6, 6.07) is 4.45. The minimum atomic E-state index is -4.54. The number of benzene rings is 1. The summed E-state index contributed by atoms with van der Waals surface area (Å²) in [5.74, 6) is -0.637. The number of alkyl halides is 3. The molecular weight excluding hydrogens is 451 g/mol. The summed E-state index contributed by atoms with van der Waals surface area (Å²) in [5, 5.41) is 12.5. The fraction of sp³-hybridized carbons (Fsp3) is 0.450. The zero-order valence-corrected chi connectivity index (χ0v) is 17.5. The van der Waals surface area contributed by atoms with Gasteiger partial charge in [-0.25, -0.2) is 4.57 Å². The number of nitrogens with zero attached hydrogens (tertiary/aromatic N) is 2. The molecule has 1 aliphatic carbocycles. The molecule has 2 heterocycles. The Morgan fingerprint density at radius 3 is 2.79 bits per heavy atom. The van der Waals surface area contributed by atoms with Crippen LogP contribution in [0.2, 0.25) is 0 Å². The van der Waals surface area contributed by atoms with Gasteiger partial charge >= 0.3 is 6.30 Å². The zero-order valence-electron chi connectivity index (χ0n) is 15.9. The van der Waals surface area contributed by atoms with Crippen molar-refractivity contribution in [2.24, 2.45) is 5.92 Å². The van der Waals surface area contributed by atoms with Gasteiger partial charge in [0.2, 0.25) is 5.91 Å². The number of nitrogens with one attached hydrogen (secondary N) is 1. The van der Waals surface area contributed by atoms with Crippen molar-refractivity contribution in [3.05, 3.63) is 40.0 Å². The van der Waals surface area contributed by atoms with E-state index in [9.17, 15) is 23.1 Å². The van der Waals surface area contributed by atoms with Crippen LogP contribution in [-0.4, -0.2) is 52.8 Å². The summed E-state index contributed by atoms with van der Waals surface area (Å²) < 4.78 is 41.5. The molecule has 29 heavy (non-hydrogen) atoms. The summed E-state index contributed by atoms with van der Waals surface area (Å²) in [6.45, 7) is 2.02. The molecule has 1 aromatic heterocycles. The number of carbonyl (C=O) groups is 1. The molecule has 1 aliphatic heterocycles. The highest BCUT2D eigenvalue weighted by Gasteiger charge is 2.41. The number of rotatable bonds is 3. The van der Waals surface area contributed by atoms with Crippen LogP contribution in [0, 0.1) is 5.92 Å². The first-order chi connectivity index (χ1) is 13.6. The molecule has 1 amide bonds. The Bertz CT molecular complexity index is 1010. The molecule has 2 N–H and O–H groups in total. The van der Waals surface area contributed by atoms with Crippen LogP contribution in [-0.2, 0) is 17.5 Å². The first-order valence-corrected chi connectivity index (χ1v) is 10.1. The van der Waals surface area contributed by atoms with Crippen molar-refractivity contribution < 1.29 is 23.1 Å². The molecule has 2 aromatic rings. The fourth-order valence-corrected chi connectivity index (χ4v) is 5.15. The molecule has 2 aliphatic rings. The van der Waals surface area contributed by atoms with Crippen LogP contribution in [0.4, 0.5) is 13.2 Å². The van der Waals surface area contributed by atoms with Gasteiger partial charge in [0.05, 0.1) is 22.6 Å². The molecule has 0 saturated heterocycles. The van der Waals surface area contributed by atoms with E-state index in [1.807, 2.05) is 24.1 Å². The lowest BCUT2D eigenvalue weighted by Gasteiger charge is -2.39. The quantitative estimate of drug-likeness (QED) is 0.722. The minimum absolute atomic E-state index is 0.0385. The molecule has 4 rings (SSSR count). The third-order valence-electron chi connectivity index (χ3n) is 5.75. The maximum Gasteiger partial charge on any atom is 0.489 e. The molecule has 9 heteroatoms. The van der Waals surface area contributed by atoms with Gasteiger partial charge in [0.25, 0.3) is 0 Å². The molecular formula is C20H21BrF3N3O2. The molecule has 0 radical (unpaired) electrons. The van der Waals surface area contributed by atoms with Crippen molar-refractivity contribution in [1.29, 1.82) is 0 Å². The van der Waals surface area contributed by atoms with Gasteiger partial charge in [0.1, 0.15) is 0 Å². The second-order valence-electron chi connectivity index (χ2n) is 7.75. The molecule has 0 fully saturated rings. The highest BCUT2D eigenvalue weighted by molar-refractivity contribution is 9.10. The summed E-state index contributed by atoms with van der Waals surface area (Å²) in [4.78, 5) is 14.6. The Morgan fingerprint density at radius 1 is 1.41 bits per heavy atom. The average Bonchev–Trinajstić information content (AvgIpc) is 2.95. The summed E-state index contributed by atoms with van der Waals surface area (Å²) in [6.07, 6.45) is -2.23. The lowest BCUT2D eigenvalue weighted by atomic mass is 9.80. The number of hydrogen-bond acceptors (Lipinski definition) is 3. The van der Waals surface area contributed by atoms with Gasteiger partial charge in [-0.15, -0.1) is 13.2 Å². The number of hydrogen-bond donors (Lipinski definition) is 2. The maximum atomic E-state index is 13.7. The van der Waals surface area contributed by atoms with E-state index in [4.69, 9.17) is 0 Å². The van der Waals surface area contributed by atoms with Gasteiger partial charge in [0.15, 0.2) is 0 Å². The third-order valence-corrected chi connectivity index (χ3v) is 6.58. The molecule has 156 valence electrons. The van der Waals surface area contributed by atoms with E-state index < -0.39 is 12.2 Å². The van der Waals surface area contributed by atoms with E-state index in [2.05, 4.69) is 21.2 Å². The number of aliphatic hydroxyl groups is 1. The van der Waals surface area contributed by atoms with Crippen LogP contribution in [0.3, 0.4) is 0 Å². The van der Waals surface area contributed by atoms with E-state index in [0.717, 1.165) is 11.1 Å². The second kappa shape index (κ2) is 7.14. The van der Waals surface area contributed by atoms with Crippen molar-refractivity contribution >= 4 is 38.3 Å². The van der Waals surface area contributed by atoms with Crippen LogP contribution in [0.5, 0.6) is 0 Å². The third kappa shape index (κ3) is 3.29. The average molecular weight is 472 g/mol. The number of aliphatic hydroxyl groups excluding tert-OH is 1. The van der Waals surface area contributed by atoms with E-state index >= 15 is 0 Å². The molecule has 0 bridgehead atoms. The highest BCUT2D eigenvalue weighted by atomic mass is 79.9. The second-order valence-corrected chi connectivity index (χ2v) is 8.50. The predicted octanol–water partition coefficient (Wildman–Crippen LogP) is 3.25. The van der Waals surface area contributed by atoms with Crippen molar-refractivity contribution in [2.45, 2.75) is 31.7 Å². The van der Waals surface area contributed by atoms with Gasteiger partial charge in [-0.2, -0.15) is 0 Å². The Kier molecular flexibility index (Phi) is 5.03. The molecule has 1 aromatic carbocycles. The molecule has 3 atom stereocenters. The van der Waals surface area contributed by atoms with E-state index in [-0.39, 0.29) is 34.7 Å². The summed E-state index contributed by atoms with van der Waals surface area (Å²) >= 11 is 3.18. The molecule has 3 unspecified atom stereocenters. The topological polar surface area (TPSA) is 57.5 Å². The number of halogens is 4. The zero-order chi connectivity index (χ0) is 21.1. The smallest absolute Gasteiger partial charge is 0.394 e. The monoisotopic (exact) mass is 471 g/mol. The summed E-state index contributed by atoms with van der Waals surface area (Å²) in [5.41, 5.74) is 2.36. The van der Waals surface area contributed by atoms with Crippen molar-refractivity contribution in [1.82, 2.24) is 14.8 Å². The number of aromatic nitrogens is 1. The standard InChI is InChI=1S/C20H21BrF3N3O2/c1-10(9-28)25-19(29)11-6-13-12-4-3-5-15-17(12)14(7-16(13)26(2)8-11)18(21)27(15)20(22,23)24/h3-6,10-11,16,28H,7-9H2,1-2H3,(H,25,29). The SMILES string of the molecule is CC(CO)NC(=O)C1C=C2c3cccc4c3c(c(Br)n4C(F)(F)F)CC2N(C)C1. The lowest BCUT2D eigenvalue weighted by molar-refractivity contribution is -0.202. The van der Waals surface area contributed by atoms with Crippen molar-refractivity contribution in [2.75, 3.05) is 20.2 Å². The van der Waals surface area contributed by atoms with Crippen LogP contribution in [0.15, 0.2) is 28.9 Å². The molecule has 0 saturated carbocycles. The number of amides is 1. The van der Waals surface area contributed by atoms with E-state index in [1.165, 1.54) is 6.07 Å². The van der Waals surface area contributed by atoms with Crippen LogP contribution >= 0.6 is 15.9 Å². The minimum Gasteiger partial charge on any atom is -0.394 e. The van der Waals surface area contributed by atoms with Gasteiger partial charge < -0.3 is 10.4 Å². The largest absolute Gasteiger partial charge is 0.489 e. The Balaban J connectivity index is 1.85. The van der Waals surface area contributed by atoms with E-state index in [0.29, 0.717) is 28.5 Å². The van der Waals surface area contributed by atoms with Gasteiger partial charge in [-0.05, 0) is 59.1 Å². The van der Waals surface area contributed by atoms with Gasteiger partial charge in [-0.3, -0.25) is 9.69 Å². The predicted molar refractivity (Wildman–Crippen MR) is 107 cm³/mol. The first kappa shape index (κ1) is 20.4. The fourth-order valence-electron chi connectivity index (χ4n) is 4.40. The Morgan fingerprint density at radius 2 is 2.14 bits per heavy atom. The van der Waals surface area contributed by atoms with Gasteiger partial charge in [0, 0.05) is 24.0 Å². The van der Waals surface area contributed by atoms with E-state index in [1.54, 1.807) is 13.0 Å². The Labute approximate surface area is 174 Å². The van der Waals surface area contributed by atoms with Crippen molar-refractivity contribution in [3.63, 3.8) is 0 Å². The number of carbonyl (C=O) groups excluding carboxylic acids is 1. The normalized spacial score (nSPS) is 22.9. The molecule has 0 spiro atoms. The van der Waals surface area contributed by atoms with Crippen LogP contribution in [0.1, 0.15) is 18.1 Å². The van der Waals surface area contributed by atoms with Crippen LogP contribution in [0.25, 0.3) is 16.5 Å². The maximum absolute atomic E-state index is 13.7. The lowest BCUT2D eigenvalue weighted by Crippen LogP contribution is -2.48. The number of likely N-dealkylation sites (N-methyl/N-ethyl adjacent to an activating group) is 1. The summed E-state index contributed by atoms with van der Waals surface area (Å²) in [7, 11) is 1.88.